The van der Waals surface area contributed by atoms with E-state index in [-0.39, 0.29) is 40.8 Å². The van der Waals surface area contributed by atoms with Gasteiger partial charge in [-0.05, 0) is 133 Å². The molecule has 0 bridgehead atoms. The number of nitrogen functional groups attached to an aromatic ring is 2. The van der Waals surface area contributed by atoms with Crippen molar-refractivity contribution in [2.75, 3.05) is 27.4 Å². The molecule has 9 aromatic rings. The second kappa shape index (κ2) is 21.4. The average Bonchev–Trinajstić information content (AvgIpc) is 4.08. The molecule has 0 aliphatic carbocycles. The summed E-state index contributed by atoms with van der Waals surface area (Å²) in [6, 6.07) is 39.3. The van der Waals surface area contributed by atoms with Crippen molar-refractivity contribution in [3.63, 3.8) is 0 Å². The van der Waals surface area contributed by atoms with Gasteiger partial charge in [0.15, 0.2) is 17.3 Å². The number of Topliss-reactive ketones (excluding diaryl/α,β-unsaturated/α-hetero) is 3. The molecule has 3 amide bonds. The van der Waals surface area contributed by atoms with Crippen LogP contribution in [0.3, 0.4) is 0 Å². The van der Waals surface area contributed by atoms with Crippen molar-refractivity contribution in [2.24, 2.45) is 16.2 Å². The number of carbonyl (C=O) groups excluding carboxylic acids is 6. The van der Waals surface area contributed by atoms with Crippen molar-refractivity contribution in [2.45, 2.75) is 62.3 Å². The van der Waals surface area contributed by atoms with Gasteiger partial charge in [-0.1, -0.05) is 68.4 Å². The summed E-state index contributed by atoms with van der Waals surface area (Å²) in [5.41, 5.74) is 17.5. The highest BCUT2D eigenvalue weighted by Gasteiger charge is 2.26. The number of aromatic hydroxyl groups is 1. The number of hydrogen-bond acceptors (Lipinski definition) is 10. The number of anilines is 5. The van der Waals surface area contributed by atoms with E-state index in [0.717, 1.165) is 21.8 Å². The molecular formula is C59H61N9O7. The quantitative estimate of drug-likeness (QED) is 0.0487. The molecule has 0 atom stereocenters. The van der Waals surface area contributed by atoms with E-state index in [1.54, 1.807) is 97.1 Å². The van der Waals surface area contributed by atoms with Crippen LogP contribution < -0.4 is 27.4 Å². The Labute approximate surface area is 433 Å². The van der Waals surface area contributed by atoms with E-state index in [0.29, 0.717) is 73.4 Å². The SMILES string of the molecule is CC(C)(C)C(=O)c1ccc2[nH]c(NC(=O)c3ccc(N)cc3)cc2c1.CC(C)(C)C(=O)c1ccc2[nH]c(NC(=O)c3ccc(O)cc3)cc2c1.CC(C)(C)C(=O)c1ccc2nc(NC(=O)c3cccc(N)c3)[nH]c2c1. The number of carbonyl (C=O) groups is 6. The Morgan fingerprint density at radius 1 is 0.427 bits per heavy atom. The van der Waals surface area contributed by atoms with E-state index in [4.69, 9.17) is 11.5 Å². The predicted molar refractivity (Wildman–Crippen MR) is 298 cm³/mol. The van der Waals surface area contributed by atoms with Gasteiger partial charge in [0.25, 0.3) is 17.7 Å². The number of amides is 3. The molecule has 75 heavy (non-hydrogen) atoms. The van der Waals surface area contributed by atoms with E-state index in [1.807, 2.05) is 92.6 Å². The number of phenols is 1. The Morgan fingerprint density at radius 3 is 1.32 bits per heavy atom. The molecule has 9 rings (SSSR count). The number of ketones is 3. The standard InChI is InChI=1S/C20H21N3O2.C20H20N2O3.C19H20N4O2/c1-20(2,3)18(24)13-6-9-16-14(10-13)11-17(22-16)23-19(25)12-4-7-15(21)8-5-12;1-20(2,3)18(24)13-6-9-16-14(10-13)11-17(21-16)22-19(25)12-4-7-15(23)8-5-12;1-19(2,3)16(24)11-7-8-14-15(10-11)22-18(21-14)23-17(25)12-5-4-6-13(20)9-12/h4-11,22H,21H2,1-3H3,(H,23,25);4-11,21,23H,1-3H3,(H,22,25);4-10H,20H2,1-3H3,(H2,21,22,23,25). The molecular weight excluding hydrogens is 947 g/mol. The Balaban J connectivity index is 0.000000164. The van der Waals surface area contributed by atoms with Crippen LogP contribution in [-0.2, 0) is 0 Å². The average molecular weight is 1010 g/mol. The largest absolute Gasteiger partial charge is 0.508 e. The van der Waals surface area contributed by atoms with Crippen LogP contribution in [0.1, 0.15) is 124 Å². The summed E-state index contributed by atoms with van der Waals surface area (Å²) in [7, 11) is 0. The molecule has 0 radical (unpaired) electrons. The molecule has 6 aromatic carbocycles. The number of fused-ring (bicyclic) bond motifs is 3. The normalized spacial score (nSPS) is 11.5. The first-order valence-corrected chi connectivity index (χ1v) is 24.1. The molecule has 3 heterocycles. The van der Waals surface area contributed by atoms with E-state index >= 15 is 0 Å². The van der Waals surface area contributed by atoms with Gasteiger partial charge >= 0.3 is 0 Å². The fourth-order valence-corrected chi connectivity index (χ4v) is 7.69. The molecule has 0 saturated heterocycles. The van der Waals surface area contributed by atoms with E-state index in [9.17, 15) is 33.9 Å². The third-order valence-corrected chi connectivity index (χ3v) is 11.7. The first kappa shape index (κ1) is 53.5. The summed E-state index contributed by atoms with van der Waals surface area (Å²) in [5, 5.41) is 19.3. The second-order valence-electron chi connectivity index (χ2n) is 21.2. The fourth-order valence-electron chi connectivity index (χ4n) is 7.69. The van der Waals surface area contributed by atoms with Gasteiger partial charge in [0.05, 0.1) is 11.0 Å². The van der Waals surface area contributed by atoms with Gasteiger partial charge in [-0.2, -0.15) is 0 Å². The Hall–Kier alpha value is -9.31. The van der Waals surface area contributed by atoms with Gasteiger partial charge in [-0.25, -0.2) is 4.98 Å². The molecule has 0 fully saturated rings. The highest BCUT2D eigenvalue weighted by atomic mass is 16.3. The zero-order valence-electron chi connectivity index (χ0n) is 43.3. The molecule has 384 valence electrons. The number of nitrogens with one attached hydrogen (secondary N) is 6. The van der Waals surface area contributed by atoms with Crippen LogP contribution in [0, 0.1) is 16.2 Å². The molecule has 0 aliphatic heterocycles. The first-order chi connectivity index (χ1) is 35.2. The topological polar surface area (TPSA) is 271 Å². The number of imidazole rings is 1. The minimum absolute atomic E-state index is 0.0503. The lowest BCUT2D eigenvalue weighted by Crippen LogP contribution is -2.19. The summed E-state index contributed by atoms with van der Waals surface area (Å²) in [5.74, 6) is 0.960. The van der Waals surface area contributed by atoms with Crippen molar-refractivity contribution < 1.29 is 33.9 Å². The van der Waals surface area contributed by atoms with Gasteiger partial charge in [0.1, 0.15) is 17.4 Å². The number of rotatable bonds is 9. The van der Waals surface area contributed by atoms with Crippen LogP contribution in [0.5, 0.6) is 5.75 Å². The number of aromatic amines is 3. The van der Waals surface area contributed by atoms with Gasteiger partial charge in [-0.15, -0.1) is 0 Å². The minimum Gasteiger partial charge on any atom is -0.508 e. The van der Waals surface area contributed by atoms with E-state index in [2.05, 4.69) is 35.9 Å². The molecule has 16 nitrogen and oxygen atoms in total. The maximum Gasteiger partial charge on any atom is 0.258 e. The smallest absolute Gasteiger partial charge is 0.258 e. The highest BCUT2D eigenvalue weighted by Crippen LogP contribution is 2.29. The van der Waals surface area contributed by atoms with Crippen LogP contribution in [0.25, 0.3) is 32.8 Å². The molecule has 0 aliphatic rings. The maximum absolute atomic E-state index is 12.4. The summed E-state index contributed by atoms with van der Waals surface area (Å²) in [4.78, 5) is 87.6. The number of phenolic OH excluding ortho intramolecular Hbond substituents is 1. The van der Waals surface area contributed by atoms with Gasteiger partial charge in [-0.3, -0.25) is 34.1 Å². The van der Waals surface area contributed by atoms with Gasteiger partial charge in [0, 0.05) is 82.8 Å². The third kappa shape index (κ3) is 13.4. The summed E-state index contributed by atoms with van der Waals surface area (Å²) in [6.07, 6.45) is 0. The molecule has 16 heteroatoms. The molecule has 11 N–H and O–H groups in total. The van der Waals surface area contributed by atoms with Crippen molar-refractivity contribution in [3.05, 3.63) is 173 Å². The number of aromatic nitrogens is 4. The molecule has 0 unspecified atom stereocenters. The number of nitrogens with zero attached hydrogens (tertiary/aromatic N) is 1. The van der Waals surface area contributed by atoms with E-state index in [1.165, 1.54) is 12.1 Å². The number of H-pyrrole nitrogens is 3. The Kier molecular flexibility index (Phi) is 15.3. The fraction of sp³-hybridized carbons (Fsp3) is 0.203. The Bertz CT molecular complexity index is 3460. The van der Waals surface area contributed by atoms with Crippen LogP contribution in [0.15, 0.2) is 140 Å². The monoisotopic (exact) mass is 1010 g/mol. The zero-order chi connectivity index (χ0) is 54.6. The van der Waals surface area contributed by atoms with Crippen molar-refractivity contribution in [1.29, 1.82) is 0 Å². The van der Waals surface area contributed by atoms with Crippen LogP contribution in [0.4, 0.5) is 29.0 Å². The van der Waals surface area contributed by atoms with Crippen molar-refractivity contribution >= 4 is 96.9 Å². The lowest BCUT2D eigenvalue weighted by atomic mass is 9.86. The van der Waals surface area contributed by atoms with Crippen molar-refractivity contribution in [1.82, 2.24) is 19.9 Å². The van der Waals surface area contributed by atoms with Crippen molar-refractivity contribution in [3.8, 4) is 5.75 Å². The summed E-state index contributed by atoms with van der Waals surface area (Å²) < 4.78 is 0. The van der Waals surface area contributed by atoms with E-state index < -0.39 is 16.2 Å². The van der Waals surface area contributed by atoms with Gasteiger partial charge in [0.2, 0.25) is 5.95 Å². The summed E-state index contributed by atoms with van der Waals surface area (Å²) >= 11 is 0. The number of nitrogens with two attached hydrogens (primary N) is 2. The Morgan fingerprint density at radius 2 is 0.853 bits per heavy atom. The second-order valence-corrected chi connectivity index (χ2v) is 21.2. The number of benzene rings is 6. The molecule has 3 aromatic heterocycles. The van der Waals surface area contributed by atoms with Crippen LogP contribution in [0.2, 0.25) is 0 Å². The first-order valence-electron chi connectivity index (χ1n) is 24.1. The maximum atomic E-state index is 12.4. The molecule has 0 spiro atoms. The lowest BCUT2D eigenvalue weighted by molar-refractivity contribution is 0.0852. The highest BCUT2D eigenvalue weighted by molar-refractivity contribution is 6.09. The number of hydrogen-bond donors (Lipinski definition) is 9. The predicted octanol–water partition coefficient (Wildman–Crippen LogP) is 12.2. The van der Waals surface area contributed by atoms with Gasteiger partial charge < -0.3 is 42.2 Å². The lowest BCUT2D eigenvalue weighted by Gasteiger charge is -2.16. The third-order valence-electron chi connectivity index (χ3n) is 11.7. The zero-order valence-corrected chi connectivity index (χ0v) is 43.3. The minimum atomic E-state index is -0.460. The van der Waals surface area contributed by atoms with Crippen LogP contribution >= 0.6 is 0 Å². The summed E-state index contributed by atoms with van der Waals surface area (Å²) in [6.45, 7) is 17.0. The van der Waals surface area contributed by atoms with Crippen LogP contribution in [-0.4, -0.2) is 60.1 Å². The molecule has 0 saturated carbocycles.